The van der Waals surface area contributed by atoms with Crippen molar-refractivity contribution in [2.75, 3.05) is 32.1 Å². The number of rotatable bonds is 2. The number of carbonyl (C=O) groups excluding carboxylic acids is 2. The number of hydrogen-bond acceptors (Lipinski definition) is 3. The number of hydrogen-bond donors (Lipinski definition) is 0. The van der Waals surface area contributed by atoms with E-state index in [1.807, 2.05) is 25.7 Å². The lowest BCUT2D eigenvalue weighted by Crippen LogP contribution is -2.40. The lowest BCUT2D eigenvalue weighted by atomic mass is 9.71. The van der Waals surface area contributed by atoms with Crippen molar-refractivity contribution in [1.82, 2.24) is 9.80 Å². The van der Waals surface area contributed by atoms with Crippen LogP contribution in [0.3, 0.4) is 0 Å². The maximum absolute atomic E-state index is 12.3. The molecule has 0 radical (unpaired) electrons. The fourth-order valence-electron chi connectivity index (χ4n) is 3.53. The van der Waals surface area contributed by atoms with E-state index in [1.165, 1.54) is 0 Å². The van der Waals surface area contributed by atoms with Crippen LogP contribution in [0, 0.1) is 10.8 Å². The Labute approximate surface area is 137 Å². The van der Waals surface area contributed by atoms with Gasteiger partial charge in [-0.1, -0.05) is 13.8 Å². The molecular formula is C16H27ClN2O3. The first-order chi connectivity index (χ1) is 10.00. The SMILES string of the molecule is CC(C)(C)OC(=O)N1C[C@]2(C)CN(C(=O)CCCl)C[C@@]2(C)C1. The molecule has 2 aliphatic rings. The number of ether oxygens (including phenoxy) is 1. The number of likely N-dealkylation sites (tertiary alicyclic amines) is 2. The normalized spacial score (nSPS) is 31.4. The van der Waals surface area contributed by atoms with Crippen molar-refractivity contribution in [2.45, 2.75) is 46.6 Å². The van der Waals surface area contributed by atoms with Crippen molar-refractivity contribution in [3.63, 3.8) is 0 Å². The van der Waals surface area contributed by atoms with Crippen molar-refractivity contribution in [2.24, 2.45) is 10.8 Å². The van der Waals surface area contributed by atoms with Crippen molar-refractivity contribution in [3.05, 3.63) is 0 Å². The van der Waals surface area contributed by atoms with Crippen molar-refractivity contribution >= 4 is 23.6 Å². The van der Waals surface area contributed by atoms with Crippen LogP contribution in [0.25, 0.3) is 0 Å². The molecule has 22 heavy (non-hydrogen) atoms. The van der Waals surface area contributed by atoms with Gasteiger partial charge in [0.1, 0.15) is 5.60 Å². The molecule has 0 N–H and O–H groups in total. The van der Waals surface area contributed by atoms with Gasteiger partial charge in [0, 0.05) is 49.3 Å². The van der Waals surface area contributed by atoms with Gasteiger partial charge in [-0.05, 0) is 20.8 Å². The Bertz CT molecular complexity index is 457. The topological polar surface area (TPSA) is 49.9 Å². The maximum atomic E-state index is 12.3. The maximum Gasteiger partial charge on any atom is 0.410 e. The molecule has 0 aromatic heterocycles. The van der Waals surface area contributed by atoms with Crippen LogP contribution in [0.2, 0.25) is 0 Å². The average molecular weight is 331 g/mol. The number of carbonyl (C=O) groups is 2. The third kappa shape index (κ3) is 3.19. The van der Waals surface area contributed by atoms with Crippen LogP contribution in [0.15, 0.2) is 0 Å². The van der Waals surface area contributed by atoms with Crippen LogP contribution in [0.5, 0.6) is 0 Å². The molecule has 2 saturated heterocycles. The van der Waals surface area contributed by atoms with Gasteiger partial charge < -0.3 is 14.5 Å². The van der Waals surface area contributed by atoms with E-state index in [-0.39, 0.29) is 22.8 Å². The van der Waals surface area contributed by atoms with Gasteiger partial charge >= 0.3 is 6.09 Å². The Hall–Kier alpha value is -0.970. The second-order valence-corrected chi connectivity index (χ2v) is 8.52. The van der Waals surface area contributed by atoms with Gasteiger partial charge in [-0.15, -0.1) is 11.6 Å². The van der Waals surface area contributed by atoms with E-state index < -0.39 is 5.60 Å². The van der Waals surface area contributed by atoms with Gasteiger partial charge in [0.25, 0.3) is 0 Å². The highest BCUT2D eigenvalue weighted by molar-refractivity contribution is 6.18. The first kappa shape index (κ1) is 17.4. The Morgan fingerprint density at radius 3 is 1.91 bits per heavy atom. The molecule has 0 spiro atoms. The number of amides is 2. The highest BCUT2D eigenvalue weighted by Crippen LogP contribution is 2.51. The third-order valence-electron chi connectivity index (χ3n) is 4.93. The molecule has 0 bridgehead atoms. The molecule has 0 aromatic rings. The van der Waals surface area contributed by atoms with E-state index in [0.29, 0.717) is 38.5 Å². The van der Waals surface area contributed by atoms with E-state index in [1.54, 1.807) is 4.90 Å². The number of alkyl halides is 1. The number of halogens is 1. The average Bonchev–Trinajstić information content (AvgIpc) is 2.72. The fraction of sp³-hybridized carbons (Fsp3) is 0.875. The molecule has 2 atom stereocenters. The molecule has 0 aliphatic carbocycles. The van der Waals surface area contributed by atoms with Crippen LogP contribution in [-0.4, -0.2) is 59.5 Å². The number of fused-ring (bicyclic) bond motifs is 1. The van der Waals surface area contributed by atoms with Gasteiger partial charge in [-0.25, -0.2) is 4.79 Å². The molecule has 0 unspecified atom stereocenters. The molecule has 5 nitrogen and oxygen atoms in total. The van der Waals surface area contributed by atoms with Gasteiger partial charge in [-0.2, -0.15) is 0 Å². The van der Waals surface area contributed by atoms with Gasteiger partial charge in [0.15, 0.2) is 0 Å². The quantitative estimate of drug-likeness (QED) is 0.731. The van der Waals surface area contributed by atoms with E-state index >= 15 is 0 Å². The van der Waals surface area contributed by atoms with Crippen molar-refractivity contribution in [3.8, 4) is 0 Å². The van der Waals surface area contributed by atoms with Crippen LogP contribution < -0.4 is 0 Å². The second kappa shape index (κ2) is 5.59. The zero-order valence-corrected chi connectivity index (χ0v) is 15.0. The number of nitrogens with zero attached hydrogens (tertiary/aromatic N) is 2. The zero-order chi connectivity index (χ0) is 16.8. The highest BCUT2D eigenvalue weighted by atomic mass is 35.5. The molecule has 2 aliphatic heterocycles. The zero-order valence-electron chi connectivity index (χ0n) is 14.2. The molecule has 2 heterocycles. The minimum absolute atomic E-state index is 0.0914. The van der Waals surface area contributed by atoms with E-state index in [2.05, 4.69) is 13.8 Å². The van der Waals surface area contributed by atoms with E-state index in [9.17, 15) is 9.59 Å². The molecule has 2 fully saturated rings. The Kier molecular flexibility index (Phi) is 4.42. The lowest BCUT2D eigenvalue weighted by Gasteiger charge is -2.29. The van der Waals surface area contributed by atoms with Gasteiger partial charge in [0.2, 0.25) is 5.91 Å². The summed E-state index contributed by atoms with van der Waals surface area (Å²) in [7, 11) is 0. The minimum Gasteiger partial charge on any atom is -0.444 e. The van der Waals surface area contributed by atoms with E-state index in [4.69, 9.17) is 16.3 Å². The summed E-state index contributed by atoms with van der Waals surface area (Å²) in [5.74, 6) is 0.461. The molecule has 6 heteroatoms. The highest BCUT2D eigenvalue weighted by Gasteiger charge is 2.59. The molecule has 0 aromatic carbocycles. The largest absolute Gasteiger partial charge is 0.444 e. The monoisotopic (exact) mass is 330 g/mol. The molecule has 2 rings (SSSR count). The van der Waals surface area contributed by atoms with Gasteiger partial charge in [-0.3, -0.25) is 4.79 Å². The fourth-order valence-corrected chi connectivity index (χ4v) is 3.69. The Morgan fingerprint density at radius 1 is 1.05 bits per heavy atom. The summed E-state index contributed by atoms with van der Waals surface area (Å²) < 4.78 is 5.48. The predicted molar refractivity (Wildman–Crippen MR) is 85.9 cm³/mol. The Morgan fingerprint density at radius 2 is 1.50 bits per heavy atom. The predicted octanol–water partition coefficient (Wildman–Crippen LogP) is 2.72. The lowest BCUT2D eigenvalue weighted by molar-refractivity contribution is -0.130. The summed E-state index contributed by atoms with van der Waals surface area (Å²) in [5.41, 5.74) is -0.670. The summed E-state index contributed by atoms with van der Waals surface area (Å²) in [6.45, 7) is 12.5. The van der Waals surface area contributed by atoms with Crippen LogP contribution >= 0.6 is 11.6 Å². The van der Waals surface area contributed by atoms with Gasteiger partial charge in [0.05, 0.1) is 0 Å². The van der Waals surface area contributed by atoms with E-state index in [0.717, 1.165) is 0 Å². The second-order valence-electron chi connectivity index (χ2n) is 8.15. The smallest absolute Gasteiger partial charge is 0.410 e. The Balaban J connectivity index is 2.06. The van der Waals surface area contributed by atoms with Crippen LogP contribution in [0.1, 0.15) is 41.0 Å². The molecule has 2 amide bonds. The van der Waals surface area contributed by atoms with Crippen LogP contribution in [-0.2, 0) is 9.53 Å². The van der Waals surface area contributed by atoms with Crippen molar-refractivity contribution < 1.29 is 14.3 Å². The summed E-state index contributed by atoms with van der Waals surface area (Å²) in [5, 5.41) is 0. The first-order valence-corrected chi connectivity index (χ1v) is 8.35. The molecular weight excluding hydrogens is 304 g/mol. The summed E-state index contributed by atoms with van der Waals surface area (Å²) in [6, 6.07) is 0. The summed E-state index contributed by atoms with van der Waals surface area (Å²) >= 11 is 5.67. The van der Waals surface area contributed by atoms with Crippen LogP contribution in [0.4, 0.5) is 4.79 Å². The standard InChI is InChI=1S/C16H27ClN2O3/c1-14(2,3)22-13(21)19-10-15(4)8-18(12(20)6-7-17)9-16(15,5)11-19/h6-11H2,1-5H3/t15-,16-/m0/s1. The third-order valence-corrected chi connectivity index (χ3v) is 5.12. The minimum atomic E-state index is -0.487. The summed E-state index contributed by atoms with van der Waals surface area (Å²) in [6.07, 6.45) is 0.117. The van der Waals surface area contributed by atoms with Crippen molar-refractivity contribution in [1.29, 1.82) is 0 Å². The molecule has 0 saturated carbocycles. The first-order valence-electron chi connectivity index (χ1n) is 7.81. The summed E-state index contributed by atoms with van der Waals surface area (Å²) in [4.78, 5) is 28.1. The molecule has 126 valence electrons.